The van der Waals surface area contributed by atoms with E-state index in [1.54, 1.807) is 17.4 Å². The molecule has 0 aliphatic carbocycles. The van der Waals surface area contributed by atoms with Gasteiger partial charge in [-0.05, 0) is 71.2 Å². The van der Waals surface area contributed by atoms with Gasteiger partial charge in [0.05, 0.1) is 4.47 Å². The fourth-order valence-electron chi connectivity index (χ4n) is 2.48. The van der Waals surface area contributed by atoms with Crippen molar-refractivity contribution in [1.29, 1.82) is 0 Å². The van der Waals surface area contributed by atoms with Gasteiger partial charge in [-0.15, -0.1) is 11.3 Å². The molecular formula is C17H21BrFNS. The molecule has 4 heteroatoms. The average Bonchev–Trinajstić information content (AvgIpc) is 2.92. The summed E-state index contributed by atoms with van der Waals surface area (Å²) in [5.41, 5.74) is 2.07. The van der Waals surface area contributed by atoms with E-state index in [-0.39, 0.29) is 5.82 Å². The van der Waals surface area contributed by atoms with Crippen LogP contribution in [-0.2, 0) is 0 Å². The van der Waals surface area contributed by atoms with Gasteiger partial charge in [0.25, 0.3) is 0 Å². The summed E-state index contributed by atoms with van der Waals surface area (Å²) in [6.07, 6.45) is 2.30. The molecule has 0 bridgehead atoms. The van der Waals surface area contributed by atoms with Gasteiger partial charge >= 0.3 is 0 Å². The van der Waals surface area contributed by atoms with Crippen LogP contribution in [0.25, 0.3) is 10.4 Å². The molecule has 0 saturated heterocycles. The SMILES string of the molecule is CCCC(NCC)c1ccc(-c2cc(Br)c(F)cc2C)s1. The highest BCUT2D eigenvalue weighted by atomic mass is 79.9. The number of rotatable bonds is 6. The number of benzene rings is 1. The molecule has 0 radical (unpaired) electrons. The quantitative estimate of drug-likeness (QED) is 0.650. The number of hydrogen-bond donors (Lipinski definition) is 1. The van der Waals surface area contributed by atoms with E-state index in [0.717, 1.165) is 30.5 Å². The van der Waals surface area contributed by atoms with Gasteiger partial charge in [0.2, 0.25) is 0 Å². The average molecular weight is 370 g/mol. The second-order valence-electron chi connectivity index (χ2n) is 5.18. The maximum Gasteiger partial charge on any atom is 0.137 e. The van der Waals surface area contributed by atoms with Crippen molar-refractivity contribution in [2.75, 3.05) is 6.54 Å². The van der Waals surface area contributed by atoms with Crippen LogP contribution in [0.1, 0.15) is 43.2 Å². The van der Waals surface area contributed by atoms with Crippen LogP contribution in [0.5, 0.6) is 0 Å². The first-order valence-electron chi connectivity index (χ1n) is 7.35. The molecule has 0 spiro atoms. The van der Waals surface area contributed by atoms with Gasteiger partial charge in [-0.2, -0.15) is 0 Å². The zero-order chi connectivity index (χ0) is 15.4. The monoisotopic (exact) mass is 369 g/mol. The maximum absolute atomic E-state index is 13.6. The lowest BCUT2D eigenvalue weighted by Crippen LogP contribution is -2.19. The zero-order valence-corrected chi connectivity index (χ0v) is 15.1. The van der Waals surface area contributed by atoms with E-state index >= 15 is 0 Å². The van der Waals surface area contributed by atoms with Gasteiger partial charge in [0.15, 0.2) is 0 Å². The second kappa shape index (κ2) is 7.52. The van der Waals surface area contributed by atoms with Crippen molar-refractivity contribution in [2.24, 2.45) is 0 Å². The number of hydrogen-bond acceptors (Lipinski definition) is 2. The van der Waals surface area contributed by atoms with Gasteiger partial charge in [-0.25, -0.2) is 4.39 Å². The molecule has 0 aliphatic heterocycles. The first-order chi connectivity index (χ1) is 10.1. The Labute approximate surface area is 138 Å². The third kappa shape index (κ3) is 3.93. The number of thiophene rings is 1. The molecule has 114 valence electrons. The highest BCUT2D eigenvalue weighted by Gasteiger charge is 2.14. The Balaban J connectivity index is 2.33. The minimum absolute atomic E-state index is 0.204. The molecule has 1 nitrogen and oxygen atoms in total. The first kappa shape index (κ1) is 16.7. The third-order valence-corrected chi connectivity index (χ3v) is 5.37. The summed E-state index contributed by atoms with van der Waals surface area (Å²) >= 11 is 5.08. The summed E-state index contributed by atoms with van der Waals surface area (Å²) < 4.78 is 14.1. The van der Waals surface area contributed by atoms with Gasteiger partial charge < -0.3 is 5.32 Å². The van der Waals surface area contributed by atoms with Crippen LogP contribution in [0.3, 0.4) is 0 Å². The van der Waals surface area contributed by atoms with Crippen LogP contribution in [-0.4, -0.2) is 6.54 Å². The van der Waals surface area contributed by atoms with E-state index < -0.39 is 0 Å². The second-order valence-corrected chi connectivity index (χ2v) is 7.15. The lowest BCUT2D eigenvalue weighted by atomic mass is 10.1. The third-order valence-electron chi connectivity index (χ3n) is 3.53. The van der Waals surface area contributed by atoms with E-state index in [2.05, 4.69) is 47.2 Å². The highest BCUT2D eigenvalue weighted by Crippen LogP contribution is 2.36. The zero-order valence-electron chi connectivity index (χ0n) is 12.7. The molecule has 21 heavy (non-hydrogen) atoms. The standard InChI is InChI=1S/C17H21BrFNS/c1-4-6-15(20-5-2)17-8-7-16(21-17)12-10-13(18)14(19)9-11(12)3/h7-10,15,20H,4-6H2,1-3H3. The van der Waals surface area contributed by atoms with E-state index in [9.17, 15) is 4.39 Å². The minimum Gasteiger partial charge on any atom is -0.310 e. The fraction of sp³-hybridized carbons (Fsp3) is 0.412. The minimum atomic E-state index is -0.204. The summed E-state index contributed by atoms with van der Waals surface area (Å²) in [5, 5.41) is 3.54. The van der Waals surface area contributed by atoms with Crippen molar-refractivity contribution in [2.45, 2.75) is 39.7 Å². The van der Waals surface area contributed by atoms with Crippen molar-refractivity contribution in [1.82, 2.24) is 5.32 Å². The summed E-state index contributed by atoms with van der Waals surface area (Å²) in [7, 11) is 0. The van der Waals surface area contributed by atoms with Crippen LogP contribution >= 0.6 is 27.3 Å². The van der Waals surface area contributed by atoms with Gasteiger partial charge in [0, 0.05) is 15.8 Å². The number of halogens is 2. The predicted octanol–water partition coefficient (Wildman–Crippen LogP) is 6.08. The summed E-state index contributed by atoms with van der Waals surface area (Å²) in [4.78, 5) is 2.55. The lowest BCUT2D eigenvalue weighted by Gasteiger charge is -2.15. The Bertz CT molecular complexity index is 603. The lowest BCUT2D eigenvalue weighted by molar-refractivity contribution is 0.516. The Morgan fingerprint density at radius 3 is 2.71 bits per heavy atom. The van der Waals surface area contributed by atoms with Gasteiger partial charge in [-0.3, -0.25) is 0 Å². The van der Waals surface area contributed by atoms with Crippen LogP contribution in [0.15, 0.2) is 28.7 Å². The van der Waals surface area contributed by atoms with E-state index in [1.165, 1.54) is 9.75 Å². The largest absolute Gasteiger partial charge is 0.310 e. The Hall–Kier alpha value is -0.710. The van der Waals surface area contributed by atoms with Gasteiger partial charge in [-0.1, -0.05) is 20.3 Å². The molecule has 1 atom stereocenters. The van der Waals surface area contributed by atoms with Crippen molar-refractivity contribution >= 4 is 27.3 Å². The highest BCUT2D eigenvalue weighted by molar-refractivity contribution is 9.10. The van der Waals surface area contributed by atoms with Crippen LogP contribution in [0.2, 0.25) is 0 Å². The van der Waals surface area contributed by atoms with Crippen LogP contribution in [0, 0.1) is 12.7 Å². The molecule has 2 rings (SSSR count). The summed E-state index contributed by atoms with van der Waals surface area (Å²) in [6, 6.07) is 8.23. The molecule has 0 amide bonds. The molecular weight excluding hydrogens is 349 g/mol. The van der Waals surface area contributed by atoms with E-state index in [1.807, 2.05) is 13.0 Å². The number of nitrogens with one attached hydrogen (secondary N) is 1. The number of aryl methyl sites for hydroxylation is 1. The maximum atomic E-state index is 13.6. The van der Waals surface area contributed by atoms with Crippen molar-refractivity contribution < 1.29 is 4.39 Å². The predicted molar refractivity (Wildman–Crippen MR) is 93.5 cm³/mol. The molecule has 1 aromatic carbocycles. The Morgan fingerprint density at radius 2 is 2.05 bits per heavy atom. The fourth-order valence-corrected chi connectivity index (χ4v) is 4.02. The topological polar surface area (TPSA) is 12.0 Å². The summed E-state index contributed by atoms with van der Waals surface area (Å²) in [5.74, 6) is -0.204. The molecule has 0 fully saturated rings. The van der Waals surface area contributed by atoms with Crippen LogP contribution in [0.4, 0.5) is 4.39 Å². The smallest absolute Gasteiger partial charge is 0.137 e. The molecule has 1 heterocycles. The van der Waals surface area contributed by atoms with Crippen LogP contribution < -0.4 is 5.32 Å². The normalized spacial score (nSPS) is 12.6. The molecule has 0 saturated carbocycles. The molecule has 0 aliphatic rings. The molecule has 1 unspecified atom stereocenters. The molecule has 1 aromatic heterocycles. The van der Waals surface area contributed by atoms with Gasteiger partial charge in [0.1, 0.15) is 5.82 Å². The van der Waals surface area contributed by atoms with E-state index in [4.69, 9.17) is 0 Å². The van der Waals surface area contributed by atoms with E-state index in [0.29, 0.717) is 10.5 Å². The van der Waals surface area contributed by atoms with Crippen molar-refractivity contribution in [3.05, 3.63) is 45.0 Å². The molecule has 2 aromatic rings. The Morgan fingerprint density at radius 1 is 1.29 bits per heavy atom. The van der Waals surface area contributed by atoms with Crippen molar-refractivity contribution in [3.8, 4) is 10.4 Å². The summed E-state index contributed by atoms with van der Waals surface area (Å²) in [6.45, 7) is 7.27. The first-order valence-corrected chi connectivity index (χ1v) is 8.96. The van der Waals surface area contributed by atoms with Crippen molar-refractivity contribution in [3.63, 3.8) is 0 Å². The molecule has 1 N–H and O–H groups in total. The Kier molecular flexibility index (Phi) is 5.97.